The van der Waals surface area contributed by atoms with Crippen LogP contribution < -0.4 is 19.6 Å². The Labute approximate surface area is 287 Å². The van der Waals surface area contributed by atoms with Gasteiger partial charge in [-0.15, -0.1) is 0 Å². The molecule has 5 aromatic rings. The summed E-state index contributed by atoms with van der Waals surface area (Å²) in [6.07, 6.45) is 3.18. The van der Waals surface area contributed by atoms with E-state index in [1.807, 2.05) is 36.4 Å². The number of aryl methyl sites for hydroxylation is 1. The van der Waals surface area contributed by atoms with Crippen LogP contribution in [0.3, 0.4) is 0 Å². The standard InChI is InChI=1S/C34H22Br2N4O6S/c35-23-14-22(32(28(36)17-23)46-18-19-8-11-24(12-9-19)39(42)43)16-29-33(41)38-31(21-5-3-6-25(15-21)40(44)45)27-13-10-20-4-1-2-7-26(20)30(27)37-34(38)47-29/h1-9,11-12,14-17,31H,10,13,18H2. The molecule has 0 N–H and O–H groups in total. The number of thiazole rings is 1. The highest BCUT2D eigenvalue weighted by atomic mass is 79.9. The highest BCUT2D eigenvalue weighted by Gasteiger charge is 2.33. The molecule has 0 radical (unpaired) electrons. The number of fused-ring (bicyclic) bond motifs is 3. The van der Waals surface area contributed by atoms with E-state index in [-0.39, 0.29) is 23.5 Å². The fourth-order valence-electron chi connectivity index (χ4n) is 5.98. The van der Waals surface area contributed by atoms with E-state index in [9.17, 15) is 25.0 Å². The molecular formula is C34H22Br2N4O6S. The minimum Gasteiger partial charge on any atom is -0.487 e. The van der Waals surface area contributed by atoms with Crippen molar-refractivity contribution in [3.05, 3.63) is 167 Å². The van der Waals surface area contributed by atoms with E-state index in [0.29, 0.717) is 37.1 Å². The number of nitrogens with zero attached hydrogens (tertiary/aromatic N) is 4. The number of hydrogen-bond acceptors (Lipinski definition) is 8. The quantitative estimate of drug-likeness (QED) is 0.127. The number of allylic oxidation sites excluding steroid dienone is 1. The molecule has 2 heterocycles. The minimum atomic E-state index is -0.566. The Morgan fingerprint density at radius 3 is 2.47 bits per heavy atom. The van der Waals surface area contributed by atoms with Crippen LogP contribution in [0.5, 0.6) is 5.75 Å². The van der Waals surface area contributed by atoms with Crippen molar-refractivity contribution in [3.8, 4) is 5.75 Å². The maximum atomic E-state index is 14.3. The van der Waals surface area contributed by atoms with Gasteiger partial charge in [0, 0.05) is 39.9 Å². The second-order valence-electron chi connectivity index (χ2n) is 11.0. The maximum absolute atomic E-state index is 14.3. The fraction of sp³-hybridized carbons (Fsp3) is 0.118. The lowest BCUT2D eigenvalue weighted by Crippen LogP contribution is -2.38. The number of aromatic nitrogens is 1. The minimum absolute atomic E-state index is 0.0109. The summed E-state index contributed by atoms with van der Waals surface area (Å²) >= 11 is 8.37. The number of ether oxygens (including phenoxy) is 1. The Hall–Kier alpha value is -4.72. The second kappa shape index (κ2) is 12.5. The Balaban J connectivity index is 1.37. The average Bonchev–Trinajstić information content (AvgIpc) is 3.37. The first-order valence-corrected chi connectivity index (χ1v) is 16.8. The predicted molar refractivity (Wildman–Crippen MR) is 185 cm³/mol. The summed E-state index contributed by atoms with van der Waals surface area (Å²) in [4.78, 5) is 41.7. The molecule has 0 spiro atoms. The number of hydrogen-bond donors (Lipinski definition) is 0. The first-order valence-electron chi connectivity index (χ1n) is 14.4. The fourth-order valence-corrected chi connectivity index (χ4v) is 8.35. The Morgan fingerprint density at radius 2 is 1.70 bits per heavy atom. The number of nitro groups is 2. The van der Waals surface area contributed by atoms with E-state index >= 15 is 0 Å². The summed E-state index contributed by atoms with van der Waals surface area (Å²) in [5.74, 6) is 0.487. The molecule has 1 atom stereocenters. The highest BCUT2D eigenvalue weighted by Crippen LogP contribution is 2.42. The lowest BCUT2D eigenvalue weighted by molar-refractivity contribution is -0.385. The molecule has 47 heavy (non-hydrogen) atoms. The molecule has 0 bridgehead atoms. The second-order valence-corrected chi connectivity index (χ2v) is 13.8. The highest BCUT2D eigenvalue weighted by molar-refractivity contribution is 9.11. The molecule has 1 aliphatic heterocycles. The summed E-state index contributed by atoms with van der Waals surface area (Å²) in [6, 6.07) is 23.7. The predicted octanol–water partition coefficient (Wildman–Crippen LogP) is 7.24. The van der Waals surface area contributed by atoms with Crippen LogP contribution in [0.15, 0.2) is 109 Å². The molecule has 0 fully saturated rings. The molecule has 2 aliphatic rings. The van der Waals surface area contributed by atoms with E-state index in [2.05, 4.69) is 37.9 Å². The van der Waals surface area contributed by atoms with Gasteiger partial charge in [0.1, 0.15) is 12.4 Å². The zero-order chi connectivity index (χ0) is 32.8. The van der Waals surface area contributed by atoms with Gasteiger partial charge >= 0.3 is 0 Å². The molecule has 10 nitrogen and oxygen atoms in total. The zero-order valence-corrected chi connectivity index (χ0v) is 28.2. The van der Waals surface area contributed by atoms with Crippen LogP contribution >= 0.6 is 43.2 Å². The van der Waals surface area contributed by atoms with Gasteiger partial charge in [0.25, 0.3) is 16.9 Å². The SMILES string of the molecule is O=c1c(=Cc2cc(Br)cc(Br)c2OCc2ccc([N+](=O)[O-])cc2)sc2n1C(c1cccc([N+](=O)[O-])c1)C1=C(N=2)c2ccccc2CC1. The van der Waals surface area contributed by atoms with Gasteiger partial charge < -0.3 is 4.74 Å². The lowest BCUT2D eigenvalue weighted by atomic mass is 9.83. The molecule has 1 unspecified atom stereocenters. The molecule has 0 saturated carbocycles. The van der Waals surface area contributed by atoms with Gasteiger partial charge in [0.2, 0.25) is 0 Å². The van der Waals surface area contributed by atoms with E-state index in [1.165, 1.54) is 41.2 Å². The topological polar surface area (TPSA) is 130 Å². The van der Waals surface area contributed by atoms with Crippen molar-refractivity contribution >= 4 is 66.3 Å². The third-order valence-corrected chi connectivity index (χ3v) is 10.2. The van der Waals surface area contributed by atoms with Crippen molar-refractivity contribution < 1.29 is 14.6 Å². The first kappa shape index (κ1) is 30.9. The van der Waals surface area contributed by atoms with Crippen LogP contribution in [0.25, 0.3) is 11.8 Å². The van der Waals surface area contributed by atoms with Crippen LogP contribution in [0, 0.1) is 20.2 Å². The number of rotatable bonds is 7. The lowest BCUT2D eigenvalue weighted by Gasteiger charge is -2.30. The summed E-state index contributed by atoms with van der Waals surface area (Å²) < 4.78 is 9.66. The first-order chi connectivity index (χ1) is 22.7. The Bertz CT molecular complexity index is 2330. The normalized spacial score (nSPS) is 15.4. The van der Waals surface area contributed by atoms with E-state index in [4.69, 9.17) is 9.73 Å². The molecule has 0 amide bonds. The van der Waals surface area contributed by atoms with Gasteiger partial charge in [0.05, 0.1) is 30.6 Å². The number of nitro benzene ring substituents is 2. The Kier molecular flexibility index (Phi) is 8.20. The summed E-state index contributed by atoms with van der Waals surface area (Å²) in [6.45, 7) is 0.138. The van der Waals surface area contributed by atoms with Crippen molar-refractivity contribution in [1.82, 2.24) is 4.57 Å². The van der Waals surface area contributed by atoms with Crippen molar-refractivity contribution in [2.75, 3.05) is 0 Å². The largest absolute Gasteiger partial charge is 0.487 e. The third kappa shape index (κ3) is 5.86. The molecule has 0 saturated heterocycles. The van der Waals surface area contributed by atoms with Crippen LogP contribution in [0.2, 0.25) is 0 Å². The van der Waals surface area contributed by atoms with Crippen LogP contribution in [-0.2, 0) is 13.0 Å². The zero-order valence-electron chi connectivity index (χ0n) is 24.3. The molecule has 13 heteroatoms. The van der Waals surface area contributed by atoms with Gasteiger partial charge in [-0.25, -0.2) is 4.99 Å². The maximum Gasteiger partial charge on any atom is 0.271 e. The molecule has 1 aromatic heterocycles. The van der Waals surface area contributed by atoms with Crippen LogP contribution in [0.1, 0.15) is 40.3 Å². The van der Waals surface area contributed by atoms with E-state index < -0.39 is 15.9 Å². The molecule has 7 rings (SSSR count). The van der Waals surface area contributed by atoms with Gasteiger partial charge in [-0.3, -0.25) is 29.6 Å². The van der Waals surface area contributed by atoms with Crippen molar-refractivity contribution in [2.24, 2.45) is 4.99 Å². The summed E-state index contributed by atoms with van der Waals surface area (Å²) in [5.41, 5.74) is 5.59. The van der Waals surface area contributed by atoms with Crippen LogP contribution in [-0.4, -0.2) is 14.4 Å². The molecule has 1 aliphatic carbocycles. The average molecular weight is 774 g/mol. The Morgan fingerprint density at radius 1 is 0.936 bits per heavy atom. The molecule has 4 aromatic carbocycles. The van der Waals surface area contributed by atoms with E-state index in [1.54, 1.807) is 28.8 Å². The third-order valence-electron chi connectivity index (χ3n) is 8.12. The summed E-state index contributed by atoms with van der Waals surface area (Å²) in [7, 11) is 0. The van der Waals surface area contributed by atoms with Crippen molar-refractivity contribution in [1.29, 1.82) is 0 Å². The summed E-state index contributed by atoms with van der Waals surface area (Å²) in [5, 5.41) is 22.8. The molecule has 234 valence electrons. The van der Waals surface area contributed by atoms with Gasteiger partial charge in [0.15, 0.2) is 4.80 Å². The molecular weight excluding hydrogens is 752 g/mol. The van der Waals surface area contributed by atoms with Crippen LogP contribution in [0.4, 0.5) is 11.4 Å². The monoisotopic (exact) mass is 772 g/mol. The number of non-ortho nitro benzene ring substituents is 2. The van der Waals surface area contributed by atoms with Gasteiger partial charge in [-0.2, -0.15) is 0 Å². The van der Waals surface area contributed by atoms with E-state index in [0.717, 1.165) is 33.3 Å². The van der Waals surface area contributed by atoms with Gasteiger partial charge in [-0.05, 0) is 81.4 Å². The van der Waals surface area contributed by atoms with Crippen molar-refractivity contribution in [2.45, 2.75) is 25.5 Å². The van der Waals surface area contributed by atoms with Crippen molar-refractivity contribution in [3.63, 3.8) is 0 Å². The number of benzene rings is 4. The van der Waals surface area contributed by atoms with Gasteiger partial charge in [-0.1, -0.05) is 63.7 Å². The smallest absolute Gasteiger partial charge is 0.271 e. The number of halogens is 2.